The van der Waals surface area contributed by atoms with Crippen molar-refractivity contribution in [2.45, 2.75) is 63.0 Å². The Morgan fingerprint density at radius 1 is 1.17 bits per heavy atom. The molecule has 13 heteroatoms. The largest absolute Gasteiger partial charge is 0.443 e. The Morgan fingerprint density at radius 2 is 1.93 bits per heavy atom. The number of rotatable bonds is 13. The Kier molecular flexibility index (Phi) is 10.7. The Bertz CT molecular complexity index is 1530. The molecule has 250 valence electrons. The van der Waals surface area contributed by atoms with Gasteiger partial charge in [0.1, 0.15) is 6.10 Å². The molecule has 0 aromatic heterocycles. The summed E-state index contributed by atoms with van der Waals surface area (Å²) >= 11 is 0. The second-order valence-electron chi connectivity index (χ2n) is 12.5. The van der Waals surface area contributed by atoms with Gasteiger partial charge in [0.15, 0.2) is 6.29 Å². The lowest BCUT2D eigenvalue weighted by Gasteiger charge is -2.31. The molecule has 5 atom stereocenters. The molecule has 0 radical (unpaired) electrons. The van der Waals surface area contributed by atoms with Crippen molar-refractivity contribution in [3.63, 3.8) is 0 Å². The Hall–Kier alpha value is -3.49. The van der Waals surface area contributed by atoms with Gasteiger partial charge >= 0.3 is 6.09 Å². The lowest BCUT2D eigenvalue weighted by molar-refractivity contribution is -0.110. The molecule has 46 heavy (non-hydrogen) atoms. The van der Waals surface area contributed by atoms with E-state index in [1.807, 2.05) is 63.1 Å². The van der Waals surface area contributed by atoms with Gasteiger partial charge in [-0.05, 0) is 49.4 Å². The molecule has 5 unspecified atom stereocenters. The summed E-state index contributed by atoms with van der Waals surface area (Å²) in [4.78, 5) is 27.7. The van der Waals surface area contributed by atoms with Crippen LogP contribution in [-0.2, 0) is 35.4 Å². The molecule has 0 saturated carbocycles. The minimum Gasteiger partial charge on any atom is -0.443 e. The van der Waals surface area contributed by atoms with Crippen molar-refractivity contribution in [2.75, 3.05) is 45.2 Å². The number of aliphatic hydroxyl groups is 1. The summed E-state index contributed by atoms with van der Waals surface area (Å²) in [6.07, 6.45) is -0.192. The monoisotopic (exact) mass is 656 g/mol. The highest BCUT2D eigenvalue weighted by Crippen LogP contribution is 2.35. The summed E-state index contributed by atoms with van der Waals surface area (Å²) in [7, 11) is -2.30. The molecule has 12 nitrogen and oxygen atoms in total. The summed E-state index contributed by atoms with van der Waals surface area (Å²) in [5.74, 6) is -0.422. The first-order valence-electron chi connectivity index (χ1n) is 15.8. The number of amides is 2. The summed E-state index contributed by atoms with van der Waals surface area (Å²) in [5.41, 5.74) is 2.25. The highest BCUT2D eigenvalue weighted by Gasteiger charge is 2.44. The highest BCUT2D eigenvalue weighted by molar-refractivity contribution is 7.89. The van der Waals surface area contributed by atoms with Gasteiger partial charge in [-0.1, -0.05) is 44.2 Å². The first kappa shape index (κ1) is 33.9. The molecule has 2 aromatic carbocycles. The average Bonchev–Trinajstić information content (AvgIpc) is 3.72. The van der Waals surface area contributed by atoms with Gasteiger partial charge in [0, 0.05) is 44.1 Å². The normalized spacial score (nSPS) is 22.9. The van der Waals surface area contributed by atoms with Crippen LogP contribution in [0.15, 0.2) is 59.6 Å². The third kappa shape index (κ3) is 7.72. The maximum atomic E-state index is 14.2. The first-order valence-corrected chi connectivity index (χ1v) is 17.2. The third-order valence-electron chi connectivity index (χ3n) is 8.53. The summed E-state index contributed by atoms with van der Waals surface area (Å²) in [5, 5.41) is 17.2. The molecule has 0 aliphatic carbocycles. The van der Waals surface area contributed by atoms with Gasteiger partial charge in [0.25, 0.3) is 5.91 Å². The fourth-order valence-electron chi connectivity index (χ4n) is 5.95. The highest BCUT2D eigenvalue weighted by atomic mass is 32.2. The van der Waals surface area contributed by atoms with Gasteiger partial charge in [-0.15, -0.1) is 0 Å². The average molecular weight is 657 g/mol. The van der Waals surface area contributed by atoms with Crippen molar-refractivity contribution >= 4 is 33.3 Å². The number of carbonyl (C=O) groups excluding carboxylic acids is 2. The van der Waals surface area contributed by atoms with Crippen molar-refractivity contribution in [3.8, 4) is 0 Å². The number of alkyl carbamates (subject to hydrolysis) is 1. The number of aliphatic hydroxyl groups excluding tert-OH is 1. The number of hydrogen-bond acceptors (Lipinski definition) is 9. The summed E-state index contributed by atoms with van der Waals surface area (Å²) < 4.78 is 46.4. The smallest absolute Gasteiger partial charge is 0.407 e. The number of benzene rings is 2. The molecule has 2 amide bonds. The van der Waals surface area contributed by atoms with Gasteiger partial charge < -0.3 is 34.9 Å². The number of anilines is 1. The van der Waals surface area contributed by atoms with E-state index >= 15 is 0 Å². The Balaban J connectivity index is 1.37. The molecule has 3 heterocycles. The first-order chi connectivity index (χ1) is 22.0. The molecule has 3 aliphatic rings. The zero-order valence-electron chi connectivity index (χ0n) is 26.7. The molecule has 0 bridgehead atoms. The van der Waals surface area contributed by atoms with E-state index in [-0.39, 0.29) is 55.0 Å². The Morgan fingerprint density at radius 3 is 2.65 bits per heavy atom. The lowest BCUT2D eigenvalue weighted by atomic mass is 10.0. The molecule has 2 fully saturated rings. The van der Waals surface area contributed by atoms with E-state index in [0.717, 1.165) is 12.0 Å². The predicted molar refractivity (Wildman–Crippen MR) is 172 cm³/mol. The summed E-state index contributed by atoms with van der Waals surface area (Å²) in [6, 6.07) is 13.0. The van der Waals surface area contributed by atoms with Crippen LogP contribution in [0.4, 0.5) is 10.5 Å². The van der Waals surface area contributed by atoms with Crippen LogP contribution in [0.3, 0.4) is 0 Å². The number of ether oxygens (including phenoxy) is 3. The van der Waals surface area contributed by atoms with Crippen LogP contribution in [-0.4, -0.2) is 99.2 Å². The number of hydrogen-bond donors (Lipinski definition) is 3. The minimum absolute atomic E-state index is 0.00204. The molecule has 5 rings (SSSR count). The molecule has 2 saturated heterocycles. The number of fused-ring (bicyclic) bond motifs is 2. The van der Waals surface area contributed by atoms with Crippen molar-refractivity contribution in [1.29, 1.82) is 0 Å². The minimum atomic E-state index is -4.13. The Labute approximate surface area is 270 Å². The van der Waals surface area contributed by atoms with Crippen molar-refractivity contribution in [2.24, 2.45) is 11.8 Å². The van der Waals surface area contributed by atoms with Crippen LogP contribution >= 0.6 is 0 Å². The number of carbonyl (C=O) groups is 2. The van der Waals surface area contributed by atoms with E-state index in [1.54, 1.807) is 12.3 Å². The van der Waals surface area contributed by atoms with E-state index in [1.165, 1.54) is 16.4 Å². The van der Waals surface area contributed by atoms with Gasteiger partial charge in [0.05, 0.1) is 41.7 Å². The van der Waals surface area contributed by atoms with Crippen LogP contribution in [0, 0.1) is 11.8 Å². The standard InChI is InChI=1S/C33H44N4O8S/c1-5-36(4)18-26-25-16-23(11-12-27(25)34-31(26)39)46(41,42)37(17-21(2)3)19-29(38)28(15-22-9-7-6-8-10-22)35-33(40)45-30-20-44-32-24(30)13-14-43-32/h6-12,16,18,21,24,28-30,32,38H,5,13-15,17,19-20H2,1-4H3,(H,34,39)(H,35,40)/b26-18-. The van der Waals surface area contributed by atoms with Gasteiger partial charge in [-0.2, -0.15) is 4.31 Å². The van der Waals surface area contributed by atoms with Gasteiger partial charge in [0.2, 0.25) is 10.0 Å². The fourth-order valence-corrected chi connectivity index (χ4v) is 7.60. The molecule has 0 spiro atoms. The maximum absolute atomic E-state index is 14.2. The van der Waals surface area contributed by atoms with Crippen LogP contribution in [0.1, 0.15) is 38.3 Å². The number of nitrogens with one attached hydrogen (secondary N) is 2. The van der Waals surface area contributed by atoms with Crippen molar-refractivity contribution < 1.29 is 37.3 Å². The topological polar surface area (TPSA) is 147 Å². The maximum Gasteiger partial charge on any atom is 0.407 e. The van der Waals surface area contributed by atoms with E-state index in [2.05, 4.69) is 10.6 Å². The quantitative estimate of drug-likeness (QED) is 0.277. The third-order valence-corrected chi connectivity index (χ3v) is 10.4. The lowest BCUT2D eigenvalue weighted by Crippen LogP contribution is -2.51. The predicted octanol–water partition coefficient (Wildman–Crippen LogP) is 3.04. The SMILES string of the molecule is CCN(C)/C=C1\C(=O)Nc2ccc(S(=O)(=O)N(CC(C)C)CC(O)C(Cc3ccccc3)NC(=O)OC3COC4OCCC34)cc21. The van der Waals surface area contributed by atoms with Crippen LogP contribution in [0.2, 0.25) is 0 Å². The molecule has 3 aliphatic heterocycles. The van der Waals surface area contributed by atoms with Crippen molar-refractivity contribution in [3.05, 3.63) is 65.9 Å². The zero-order chi connectivity index (χ0) is 33.0. The number of sulfonamides is 1. The second kappa shape index (κ2) is 14.5. The summed E-state index contributed by atoms with van der Waals surface area (Å²) in [6.45, 7) is 7.01. The fraction of sp³-hybridized carbons (Fsp3) is 0.515. The van der Waals surface area contributed by atoms with E-state index in [9.17, 15) is 23.1 Å². The van der Waals surface area contributed by atoms with Gasteiger partial charge in [-0.25, -0.2) is 13.2 Å². The van der Waals surface area contributed by atoms with Crippen LogP contribution < -0.4 is 10.6 Å². The molecular formula is C33H44N4O8S. The zero-order valence-corrected chi connectivity index (χ0v) is 27.5. The second-order valence-corrected chi connectivity index (χ2v) is 14.4. The molecule has 2 aromatic rings. The van der Waals surface area contributed by atoms with Gasteiger partial charge in [-0.3, -0.25) is 4.79 Å². The van der Waals surface area contributed by atoms with E-state index < -0.39 is 34.4 Å². The molecular weight excluding hydrogens is 612 g/mol. The molecule has 3 N–H and O–H groups in total. The van der Waals surface area contributed by atoms with Crippen LogP contribution in [0.5, 0.6) is 0 Å². The van der Waals surface area contributed by atoms with E-state index in [4.69, 9.17) is 14.2 Å². The van der Waals surface area contributed by atoms with E-state index in [0.29, 0.717) is 30.0 Å². The van der Waals surface area contributed by atoms with Crippen molar-refractivity contribution in [1.82, 2.24) is 14.5 Å². The van der Waals surface area contributed by atoms with Crippen LogP contribution in [0.25, 0.3) is 5.57 Å². The number of nitrogens with zero attached hydrogens (tertiary/aromatic N) is 2.